The molecular formula is C12H14O. The smallest absolute Gasteiger partial charge is 0.0597 e. The van der Waals surface area contributed by atoms with E-state index in [1.165, 1.54) is 0 Å². The first-order chi connectivity index (χ1) is 6.20. The molecule has 0 spiro atoms. The van der Waals surface area contributed by atoms with Crippen molar-refractivity contribution in [3.8, 4) is 12.3 Å². The van der Waals surface area contributed by atoms with Crippen LogP contribution in [-0.2, 0) is 6.42 Å². The van der Waals surface area contributed by atoms with Crippen molar-refractivity contribution in [2.75, 3.05) is 6.61 Å². The summed E-state index contributed by atoms with van der Waals surface area (Å²) in [4.78, 5) is 0. The van der Waals surface area contributed by atoms with Gasteiger partial charge in [-0.05, 0) is 18.9 Å². The normalized spacial score (nSPS) is 14.5. The Morgan fingerprint density at radius 3 is 2.46 bits per heavy atom. The summed E-state index contributed by atoms with van der Waals surface area (Å²) < 4.78 is 0. The molecule has 13 heavy (non-hydrogen) atoms. The summed E-state index contributed by atoms with van der Waals surface area (Å²) in [6.45, 7) is 1.92. The fraction of sp³-hybridized carbons (Fsp3) is 0.333. The maximum atomic E-state index is 9.10. The first-order valence-corrected chi connectivity index (χ1v) is 4.33. The van der Waals surface area contributed by atoms with Crippen molar-refractivity contribution >= 4 is 0 Å². The second-order valence-corrected chi connectivity index (χ2v) is 3.53. The van der Waals surface area contributed by atoms with Crippen LogP contribution >= 0.6 is 0 Å². The Labute approximate surface area is 79.4 Å². The van der Waals surface area contributed by atoms with Gasteiger partial charge in [0.25, 0.3) is 0 Å². The highest BCUT2D eigenvalue weighted by molar-refractivity contribution is 5.19. The Morgan fingerprint density at radius 2 is 2.00 bits per heavy atom. The van der Waals surface area contributed by atoms with Crippen molar-refractivity contribution in [1.82, 2.24) is 0 Å². The number of aliphatic hydroxyl groups is 1. The van der Waals surface area contributed by atoms with E-state index in [2.05, 4.69) is 5.92 Å². The van der Waals surface area contributed by atoms with Gasteiger partial charge in [0.2, 0.25) is 0 Å². The Kier molecular flexibility index (Phi) is 3.11. The van der Waals surface area contributed by atoms with E-state index >= 15 is 0 Å². The van der Waals surface area contributed by atoms with Crippen molar-refractivity contribution in [1.29, 1.82) is 0 Å². The summed E-state index contributed by atoms with van der Waals surface area (Å²) in [7, 11) is 0. The lowest BCUT2D eigenvalue weighted by molar-refractivity contribution is 0.192. The lowest BCUT2D eigenvalue weighted by atomic mass is 9.85. The monoisotopic (exact) mass is 174 g/mol. The van der Waals surface area contributed by atoms with Crippen molar-refractivity contribution in [3.05, 3.63) is 35.9 Å². The zero-order valence-corrected chi connectivity index (χ0v) is 7.83. The van der Waals surface area contributed by atoms with Gasteiger partial charge in [-0.2, -0.15) is 0 Å². The van der Waals surface area contributed by atoms with Crippen molar-refractivity contribution < 1.29 is 5.11 Å². The van der Waals surface area contributed by atoms with Crippen LogP contribution in [0, 0.1) is 17.8 Å². The van der Waals surface area contributed by atoms with Crippen LogP contribution in [0.3, 0.4) is 0 Å². The highest BCUT2D eigenvalue weighted by Gasteiger charge is 2.20. The van der Waals surface area contributed by atoms with Crippen LogP contribution in [0.5, 0.6) is 0 Å². The van der Waals surface area contributed by atoms with Crippen LogP contribution in [0.15, 0.2) is 30.3 Å². The Hall–Kier alpha value is -1.26. The van der Waals surface area contributed by atoms with Gasteiger partial charge in [-0.3, -0.25) is 0 Å². The molecule has 0 aliphatic carbocycles. The third kappa shape index (κ3) is 2.61. The lowest BCUT2D eigenvalue weighted by Gasteiger charge is -2.20. The number of rotatable bonds is 3. The molecule has 0 heterocycles. The molecular weight excluding hydrogens is 160 g/mol. The van der Waals surface area contributed by atoms with Crippen LogP contribution in [0.2, 0.25) is 0 Å². The van der Waals surface area contributed by atoms with E-state index in [1.807, 2.05) is 37.3 Å². The number of terminal acetylenes is 1. The minimum Gasteiger partial charge on any atom is -0.395 e. The molecule has 1 rings (SSSR count). The van der Waals surface area contributed by atoms with Gasteiger partial charge in [0.15, 0.2) is 0 Å². The van der Waals surface area contributed by atoms with E-state index in [4.69, 9.17) is 11.5 Å². The van der Waals surface area contributed by atoms with Crippen molar-refractivity contribution in [3.63, 3.8) is 0 Å². The Morgan fingerprint density at radius 1 is 1.38 bits per heavy atom. The largest absolute Gasteiger partial charge is 0.395 e. The van der Waals surface area contributed by atoms with E-state index in [-0.39, 0.29) is 6.61 Å². The number of aliphatic hydroxyl groups excluding tert-OH is 1. The van der Waals surface area contributed by atoms with Crippen LogP contribution in [0.4, 0.5) is 0 Å². The average molecular weight is 174 g/mol. The minimum atomic E-state index is -0.429. The summed E-state index contributed by atoms with van der Waals surface area (Å²) in [5.41, 5.74) is 0.735. The summed E-state index contributed by atoms with van der Waals surface area (Å²) in [5.74, 6) is 2.63. The summed E-state index contributed by atoms with van der Waals surface area (Å²) in [6, 6.07) is 9.96. The Bertz CT molecular complexity index is 297. The van der Waals surface area contributed by atoms with Crippen LogP contribution < -0.4 is 0 Å². The molecule has 0 aromatic heterocycles. The zero-order chi connectivity index (χ0) is 9.73. The summed E-state index contributed by atoms with van der Waals surface area (Å²) in [6.07, 6.45) is 6.08. The SMILES string of the molecule is C#CC(C)(CO)Cc1ccccc1. The van der Waals surface area contributed by atoms with E-state index in [0.717, 1.165) is 12.0 Å². The Balaban J connectivity index is 2.75. The summed E-state index contributed by atoms with van der Waals surface area (Å²) >= 11 is 0. The van der Waals surface area contributed by atoms with E-state index < -0.39 is 5.41 Å². The molecule has 0 bridgehead atoms. The quantitative estimate of drug-likeness (QED) is 0.693. The molecule has 1 unspecified atom stereocenters. The second-order valence-electron chi connectivity index (χ2n) is 3.53. The van der Waals surface area contributed by atoms with Gasteiger partial charge in [-0.15, -0.1) is 6.42 Å². The molecule has 0 radical (unpaired) electrons. The second kappa shape index (κ2) is 4.11. The predicted octanol–water partition coefficient (Wildman–Crippen LogP) is 1.86. The minimum absolute atomic E-state index is 0.0262. The first-order valence-electron chi connectivity index (χ1n) is 4.33. The summed E-state index contributed by atoms with van der Waals surface area (Å²) in [5, 5.41) is 9.10. The molecule has 1 atom stereocenters. The van der Waals surface area contributed by atoms with E-state index in [9.17, 15) is 0 Å². The molecule has 0 saturated heterocycles. The van der Waals surface area contributed by atoms with Crippen LogP contribution in [0.1, 0.15) is 12.5 Å². The van der Waals surface area contributed by atoms with Gasteiger partial charge in [-0.25, -0.2) is 0 Å². The van der Waals surface area contributed by atoms with Gasteiger partial charge < -0.3 is 5.11 Å². The van der Waals surface area contributed by atoms with E-state index in [1.54, 1.807) is 0 Å². The van der Waals surface area contributed by atoms with Crippen molar-refractivity contribution in [2.24, 2.45) is 5.41 Å². The van der Waals surface area contributed by atoms with Gasteiger partial charge in [-0.1, -0.05) is 36.3 Å². The van der Waals surface area contributed by atoms with Crippen LogP contribution in [-0.4, -0.2) is 11.7 Å². The van der Waals surface area contributed by atoms with Gasteiger partial charge >= 0.3 is 0 Å². The number of hydrogen-bond donors (Lipinski definition) is 1. The molecule has 0 saturated carbocycles. The van der Waals surface area contributed by atoms with Crippen LogP contribution in [0.25, 0.3) is 0 Å². The maximum absolute atomic E-state index is 9.10. The molecule has 1 N–H and O–H groups in total. The highest BCUT2D eigenvalue weighted by Crippen LogP contribution is 2.20. The molecule has 1 aromatic rings. The maximum Gasteiger partial charge on any atom is 0.0597 e. The third-order valence-corrected chi connectivity index (χ3v) is 2.13. The van der Waals surface area contributed by atoms with E-state index in [0.29, 0.717) is 0 Å². The average Bonchev–Trinajstić information content (AvgIpc) is 2.19. The molecule has 0 aliphatic rings. The molecule has 0 aliphatic heterocycles. The molecule has 0 amide bonds. The van der Waals surface area contributed by atoms with Crippen molar-refractivity contribution in [2.45, 2.75) is 13.3 Å². The van der Waals surface area contributed by atoms with Gasteiger partial charge in [0, 0.05) is 0 Å². The molecule has 1 aromatic carbocycles. The third-order valence-electron chi connectivity index (χ3n) is 2.13. The fourth-order valence-corrected chi connectivity index (χ4v) is 1.20. The molecule has 0 fully saturated rings. The van der Waals surface area contributed by atoms with Gasteiger partial charge in [0.1, 0.15) is 0 Å². The topological polar surface area (TPSA) is 20.2 Å². The number of benzene rings is 1. The fourth-order valence-electron chi connectivity index (χ4n) is 1.20. The molecule has 1 nitrogen and oxygen atoms in total. The lowest BCUT2D eigenvalue weighted by Crippen LogP contribution is -2.21. The van der Waals surface area contributed by atoms with Gasteiger partial charge in [0.05, 0.1) is 12.0 Å². The highest BCUT2D eigenvalue weighted by atomic mass is 16.3. The molecule has 1 heteroatoms. The predicted molar refractivity (Wildman–Crippen MR) is 54.2 cm³/mol. The first kappa shape index (κ1) is 9.83. The standard InChI is InChI=1S/C12H14O/c1-3-12(2,10-13)9-11-7-5-4-6-8-11/h1,4-8,13H,9-10H2,2H3. The zero-order valence-electron chi connectivity index (χ0n) is 7.83. The molecule has 68 valence electrons. The number of hydrogen-bond acceptors (Lipinski definition) is 1.